The zero-order valence-electron chi connectivity index (χ0n) is 5.16. The van der Waals surface area contributed by atoms with Gasteiger partial charge in [0.15, 0.2) is 0 Å². The first-order valence-electron chi connectivity index (χ1n) is 2.13. The molecule has 0 aromatic carbocycles. The Kier molecular flexibility index (Phi) is 8.27. The highest BCUT2D eigenvalue weighted by molar-refractivity contribution is 7.30. The SMILES string of the molecule is CC(Cl)(Cl)CO.O=[P+](O)O. The predicted molar refractivity (Wildman–Crippen MR) is 39.2 cm³/mol. The van der Waals surface area contributed by atoms with Gasteiger partial charge in [-0.2, -0.15) is 0 Å². The van der Waals surface area contributed by atoms with Crippen molar-refractivity contribution in [1.29, 1.82) is 0 Å². The maximum atomic E-state index is 8.70. The van der Waals surface area contributed by atoms with E-state index >= 15 is 0 Å². The minimum Gasteiger partial charge on any atom is -0.393 e. The van der Waals surface area contributed by atoms with Crippen molar-refractivity contribution < 1.29 is 19.5 Å². The molecule has 0 bridgehead atoms. The molecule has 0 heterocycles. The largest absolute Gasteiger partial charge is 0.692 e. The van der Waals surface area contributed by atoms with Crippen LogP contribution >= 0.6 is 31.5 Å². The molecule has 0 radical (unpaired) electrons. The van der Waals surface area contributed by atoms with Crippen LogP contribution in [0.4, 0.5) is 0 Å². The van der Waals surface area contributed by atoms with E-state index in [1.165, 1.54) is 6.92 Å². The van der Waals surface area contributed by atoms with Crippen LogP contribution in [0.5, 0.6) is 0 Å². The fourth-order valence-corrected chi connectivity index (χ4v) is 0. The summed E-state index contributed by atoms with van der Waals surface area (Å²) < 4.78 is 7.75. The summed E-state index contributed by atoms with van der Waals surface area (Å²) in [6.45, 7) is 1.33. The highest BCUT2D eigenvalue weighted by atomic mass is 35.5. The smallest absolute Gasteiger partial charge is 0.393 e. The van der Waals surface area contributed by atoms with E-state index in [0.717, 1.165) is 0 Å². The fraction of sp³-hybridized carbons (Fsp3) is 1.00. The lowest BCUT2D eigenvalue weighted by Gasteiger charge is -2.04. The van der Waals surface area contributed by atoms with Gasteiger partial charge in [-0.15, -0.1) is 9.79 Å². The fourth-order valence-electron chi connectivity index (χ4n) is 0. The molecule has 0 atom stereocenters. The van der Waals surface area contributed by atoms with Gasteiger partial charge in [0.1, 0.15) is 4.33 Å². The van der Waals surface area contributed by atoms with Gasteiger partial charge in [-0.1, -0.05) is 23.2 Å². The monoisotopic (exact) mass is 209 g/mol. The standard InChI is InChI=1S/C3H6Cl2O.HO3P/c1-3(4,5)2-6;1-4(2)3/h6H,2H2,1H3;(H-,1,2,3)/p+1. The van der Waals surface area contributed by atoms with Gasteiger partial charge >= 0.3 is 8.25 Å². The third kappa shape index (κ3) is 38.6. The van der Waals surface area contributed by atoms with E-state index in [9.17, 15) is 0 Å². The molecular formula is C3H8Cl2O4P+. The molecule has 0 unspecified atom stereocenters. The Morgan fingerprint density at radius 3 is 1.60 bits per heavy atom. The van der Waals surface area contributed by atoms with E-state index in [-0.39, 0.29) is 6.61 Å². The minimum atomic E-state index is -2.87. The number of halogens is 2. The van der Waals surface area contributed by atoms with E-state index < -0.39 is 12.6 Å². The van der Waals surface area contributed by atoms with Crippen LogP contribution in [0.25, 0.3) is 0 Å². The third-order valence-corrected chi connectivity index (χ3v) is 0.517. The first-order chi connectivity index (χ1) is 4.29. The topological polar surface area (TPSA) is 77.8 Å². The van der Waals surface area contributed by atoms with Gasteiger partial charge in [-0.05, 0) is 6.92 Å². The average molecular weight is 210 g/mol. The number of hydrogen-bond donors (Lipinski definition) is 3. The lowest BCUT2D eigenvalue weighted by Crippen LogP contribution is -2.10. The molecular weight excluding hydrogens is 202 g/mol. The van der Waals surface area contributed by atoms with Gasteiger partial charge in [-0.25, -0.2) is 0 Å². The van der Waals surface area contributed by atoms with Crippen molar-refractivity contribution in [2.45, 2.75) is 11.3 Å². The summed E-state index contributed by atoms with van der Waals surface area (Å²) in [5.41, 5.74) is 0. The van der Waals surface area contributed by atoms with E-state index in [2.05, 4.69) is 0 Å². The van der Waals surface area contributed by atoms with Crippen molar-refractivity contribution in [3.63, 3.8) is 0 Å². The Balaban J connectivity index is 0. The van der Waals surface area contributed by atoms with Crippen LogP contribution in [0, 0.1) is 0 Å². The zero-order valence-corrected chi connectivity index (χ0v) is 7.57. The van der Waals surface area contributed by atoms with Crippen LogP contribution in [-0.4, -0.2) is 25.8 Å². The number of aliphatic hydroxyl groups is 1. The number of rotatable bonds is 1. The van der Waals surface area contributed by atoms with Gasteiger partial charge in [0.2, 0.25) is 0 Å². The Hall–Kier alpha value is 0.560. The summed E-state index contributed by atoms with van der Waals surface area (Å²) in [5.74, 6) is 0. The van der Waals surface area contributed by atoms with Crippen molar-refractivity contribution in [2.75, 3.05) is 6.61 Å². The molecule has 0 aromatic heterocycles. The quantitative estimate of drug-likeness (QED) is 0.441. The molecule has 0 aliphatic rings. The molecule has 0 spiro atoms. The van der Waals surface area contributed by atoms with Crippen molar-refractivity contribution in [1.82, 2.24) is 0 Å². The lowest BCUT2D eigenvalue weighted by molar-refractivity contribution is 0.285. The number of hydrogen-bond acceptors (Lipinski definition) is 2. The van der Waals surface area contributed by atoms with Crippen molar-refractivity contribution in [3.05, 3.63) is 0 Å². The number of alkyl halides is 2. The van der Waals surface area contributed by atoms with Crippen LogP contribution in [0.3, 0.4) is 0 Å². The van der Waals surface area contributed by atoms with Crippen molar-refractivity contribution in [2.24, 2.45) is 0 Å². The Morgan fingerprint density at radius 1 is 1.50 bits per heavy atom. The maximum absolute atomic E-state index is 8.70. The average Bonchev–Trinajstić information content (AvgIpc) is 1.63. The predicted octanol–water partition coefficient (Wildman–Crippen LogP) is 0.801. The molecule has 0 aliphatic carbocycles. The molecule has 0 aromatic rings. The van der Waals surface area contributed by atoms with Crippen molar-refractivity contribution >= 4 is 31.5 Å². The normalized spacial score (nSPS) is 9.80. The highest BCUT2D eigenvalue weighted by Gasteiger charge is 2.12. The van der Waals surface area contributed by atoms with Gasteiger partial charge in [0.25, 0.3) is 0 Å². The summed E-state index contributed by atoms with van der Waals surface area (Å²) in [5, 5.41) is 8.14. The molecule has 0 saturated carbocycles. The van der Waals surface area contributed by atoms with Crippen LogP contribution in [-0.2, 0) is 4.57 Å². The van der Waals surface area contributed by atoms with Crippen LogP contribution in [0.15, 0.2) is 0 Å². The summed E-state index contributed by atoms with van der Waals surface area (Å²) in [6.07, 6.45) is 0. The summed E-state index contributed by atoms with van der Waals surface area (Å²) in [4.78, 5) is 14.2. The van der Waals surface area contributed by atoms with Crippen LogP contribution in [0.2, 0.25) is 0 Å². The molecule has 3 N–H and O–H groups in total. The molecule has 62 valence electrons. The first kappa shape index (κ1) is 13.2. The molecule has 0 amide bonds. The molecule has 4 nitrogen and oxygen atoms in total. The molecule has 0 aliphatic heterocycles. The maximum Gasteiger partial charge on any atom is 0.692 e. The van der Waals surface area contributed by atoms with E-state index in [0.29, 0.717) is 0 Å². The zero-order chi connectivity index (χ0) is 8.78. The molecule has 0 rings (SSSR count). The third-order valence-electron chi connectivity index (χ3n) is 0.278. The number of aliphatic hydroxyl groups excluding tert-OH is 1. The summed E-state index contributed by atoms with van der Waals surface area (Å²) in [7, 11) is -2.87. The first-order valence-corrected chi connectivity index (χ1v) is 4.05. The second-order valence-electron chi connectivity index (χ2n) is 1.48. The van der Waals surface area contributed by atoms with Gasteiger partial charge in [0.05, 0.1) is 6.61 Å². The van der Waals surface area contributed by atoms with E-state index in [1.54, 1.807) is 0 Å². The molecule has 7 heteroatoms. The summed E-state index contributed by atoms with van der Waals surface area (Å²) >= 11 is 10.5. The minimum absolute atomic E-state index is 0.198. The van der Waals surface area contributed by atoms with Crippen molar-refractivity contribution in [3.8, 4) is 0 Å². The second-order valence-corrected chi connectivity index (χ2v) is 3.85. The van der Waals surface area contributed by atoms with E-state index in [4.69, 9.17) is 42.7 Å². The van der Waals surface area contributed by atoms with E-state index in [1.807, 2.05) is 0 Å². The van der Waals surface area contributed by atoms with Gasteiger partial charge in [0, 0.05) is 4.57 Å². The molecule has 0 fully saturated rings. The van der Waals surface area contributed by atoms with Gasteiger partial charge < -0.3 is 5.11 Å². The Morgan fingerprint density at radius 2 is 1.60 bits per heavy atom. The Labute approximate surface area is 69.3 Å². The second kappa shape index (κ2) is 6.28. The van der Waals surface area contributed by atoms with Gasteiger partial charge in [-0.3, -0.25) is 0 Å². The van der Waals surface area contributed by atoms with Crippen LogP contribution < -0.4 is 0 Å². The summed E-state index contributed by atoms with van der Waals surface area (Å²) in [6, 6.07) is 0. The molecule has 0 saturated heterocycles. The Bertz CT molecular complexity index is 97.2. The lowest BCUT2D eigenvalue weighted by atomic mass is 10.5. The highest BCUT2D eigenvalue weighted by Crippen LogP contribution is 2.16. The van der Waals surface area contributed by atoms with Crippen LogP contribution in [0.1, 0.15) is 6.92 Å². The molecule has 10 heavy (non-hydrogen) atoms.